The molecule has 0 saturated heterocycles. The predicted octanol–water partition coefficient (Wildman–Crippen LogP) is 13.7. The van der Waals surface area contributed by atoms with Gasteiger partial charge in [0.1, 0.15) is 0 Å². The molecular formula is C57H35N7. The van der Waals surface area contributed by atoms with Crippen molar-refractivity contribution in [1.82, 2.24) is 34.9 Å². The van der Waals surface area contributed by atoms with E-state index in [0.717, 1.165) is 94.6 Å². The molecule has 12 aromatic rings. The van der Waals surface area contributed by atoms with Crippen molar-refractivity contribution in [2.24, 2.45) is 0 Å². The van der Waals surface area contributed by atoms with Crippen LogP contribution in [0.15, 0.2) is 212 Å². The summed E-state index contributed by atoms with van der Waals surface area (Å²) in [4.78, 5) is 35.8. The first-order valence-corrected chi connectivity index (χ1v) is 21.2. The van der Waals surface area contributed by atoms with Crippen LogP contribution < -0.4 is 0 Å². The maximum absolute atomic E-state index is 5.18. The number of hydrogen-bond donors (Lipinski definition) is 0. The summed E-state index contributed by atoms with van der Waals surface area (Å²) in [5.41, 5.74) is 13.2. The van der Waals surface area contributed by atoms with Crippen LogP contribution in [0.4, 0.5) is 0 Å². The second-order valence-electron chi connectivity index (χ2n) is 15.8. The van der Waals surface area contributed by atoms with E-state index in [9.17, 15) is 0 Å². The minimum Gasteiger partial charge on any atom is -0.244 e. The first-order chi connectivity index (χ1) is 31.7. The lowest BCUT2D eigenvalue weighted by atomic mass is 9.99. The zero-order valence-corrected chi connectivity index (χ0v) is 34.3. The summed E-state index contributed by atoms with van der Waals surface area (Å²) in [5.74, 6) is 1.72. The van der Waals surface area contributed by atoms with E-state index in [2.05, 4.69) is 133 Å². The Bertz CT molecular complexity index is 3500. The maximum atomic E-state index is 5.18. The Hall–Kier alpha value is -8.81. The maximum Gasteiger partial charge on any atom is 0.164 e. The van der Waals surface area contributed by atoms with E-state index in [-0.39, 0.29) is 0 Å². The molecule has 298 valence electrons. The Morgan fingerprint density at radius 1 is 0.188 bits per heavy atom. The van der Waals surface area contributed by atoms with Crippen LogP contribution in [0.25, 0.3) is 123 Å². The van der Waals surface area contributed by atoms with Gasteiger partial charge in [0.15, 0.2) is 17.5 Å². The zero-order chi connectivity index (χ0) is 42.4. The SMILES string of the molecule is c1ccc(-c2nc(-c3ccc(-c4nc5ccccc5nc4-c4ccc5ccccc5c4)cc3)nc(-c3ccc(-c4nc5ccccc5nc4-c4ccc5ccccc5c4)cc3)n2)cc1. The lowest BCUT2D eigenvalue weighted by molar-refractivity contribution is 1.07. The van der Waals surface area contributed by atoms with Gasteiger partial charge in [-0.1, -0.05) is 176 Å². The first-order valence-electron chi connectivity index (χ1n) is 21.2. The van der Waals surface area contributed by atoms with Gasteiger partial charge in [0.25, 0.3) is 0 Å². The van der Waals surface area contributed by atoms with Crippen LogP contribution in [0.3, 0.4) is 0 Å². The van der Waals surface area contributed by atoms with Gasteiger partial charge >= 0.3 is 0 Å². The molecule has 0 spiro atoms. The average Bonchev–Trinajstić information content (AvgIpc) is 3.38. The standard InChI is InChI=1S/C57H35N7/c1-2-14-40(15-3-1)55-62-56(41-28-24-38(25-29-41)51-53(60-49-20-10-8-18-47(49)58-51)45-32-22-36-12-4-6-16-43(36)34-45)64-57(63-55)42-30-26-39(27-31-42)52-54(61-50-21-11-9-19-48(50)59-52)46-33-23-37-13-5-7-17-44(37)35-46/h1-35H. The van der Waals surface area contributed by atoms with Gasteiger partial charge in [0, 0.05) is 38.9 Å². The van der Waals surface area contributed by atoms with Gasteiger partial charge in [-0.3, -0.25) is 0 Å². The summed E-state index contributed by atoms with van der Waals surface area (Å²) in [5, 5.41) is 4.66. The van der Waals surface area contributed by atoms with Crippen LogP contribution in [0.2, 0.25) is 0 Å². The minimum absolute atomic E-state index is 0.567. The molecule has 7 nitrogen and oxygen atoms in total. The highest BCUT2D eigenvalue weighted by Crippen LogP contribution is 2.36. The van der Waals surface area contributed by atoms with Gasteiger partial charge in [0.05, 0.1) is 44.8 Å². The molecule has 0 aliphatic rings. The van der Waals surface area contributed by atoms with Gasteiger partial charge in [0.2, 0.25) is 0 Å². The Labute approximate surface area is 368 Å². The van der Waals surface area contributed by atoms with E-state index in [1.807, 2.05) is 78.9 Å². The molecule has 12 rings (SSSR count). The highest BCUT2D eigenvalue weighted by atomic mass is 15.0. The summed E-state index contributed by atoms with van der Waals surface area (Å²) >= 11 is 0. The van der Waals surface area contributed by atoms with E-state index < -0.39 is 0 Å². The van der Waals surface area contributed by atoms with E-state index >= 15 is 0 Å². The fourth-order valence-corrected chi connectivity index (χ4v) is 8.38. The van der Waals surface area contributed by atoms with Crippen molar-refractivity contribution in [3.05, 3.63) is 212 Å². The van der Waals surface area contributed by atoms with E-state index in [1.54, 1.807) is 0 Å². The summed E-state index contributed by atoms with van der Waals surface area (Å²) in [6, 6.07) is 72.3. The second-order valence-corrected chi connectivity index (χ2v) is 15.8. The number of fused-ring (bicyclic) bond motifs is 4. The van der Waals surface area contributed by atoms with Crippen LogP contribution in [0, 0.1) is 0 Å². The van der Waals surface area contributed by atoms with Crippen molar-refractivity contribution in [2.75, 3.05) is 0 Å². The van der Waals surface area contributed by atoms with Crippen LogP contribution in [0.1, 0.15) is 0 Å². The summed E-state index contributed by atoms with van der Waals surface area (Å²) in [6.07, 6.45) is 0. The van der Waals surface area contributed by atoms with Gasteiger partial charge in [-0.15, -0.1) is 0 Å². The van der Waals surface area contributed by atoms with E-state index in [0.29, 0.717) is 17.5 Å². The highest BCUT2D eigenvalue weighted by molar-refractivity contribution is 5.93. The fourth-order valence-electron chi connectivity index (χ4n) is 8.38. The van der Waals surface area contributed by atoms with Crippen LogP contribution in [0.5, 0.6) is 0 Å². The lowest BCUT2D eigenvalue weighted by Gasteiger charge is -2.13. The molecule has 0 bridgehead atoms. The molecule has 3 heterocycles. The van der Waals surface area contributed by atoms with Crippen LogP contribution in [-0.2, 0) is 0 Å². The third-order valence-corrected chi connectivity index (χ3v) is 11.7. The molecular weight excluding hydrogens is 783 g/mol. The van der Waals surface area contributed by atoms with Crippen LogP contribution in [-0.4, -0.2) is 34.9 Å². The van der Waals surface area contributed by atoms with Crippen molar-refractivity contribution in [3.8, 4) is 79.2 Å². The van der Waals surface area contributed by atoms with Gasteiger partial charge in [-0.2, -0.15) is 0 Å². The Morgan fingerprint density at radius 3 is 0.859 bits per heavy atom. The summed E-state index contributed by atoms with van der Waals surface area (Å²) in [6.45, 7) is 0. The predicted molar refractivity (Wildman–Crippen MR) is 259 cm³/mol. The molecule has 0 unspecified atom stereocenters. The van der Waals surface area contributed by atoms with Gasteiger partial charge in [-0.05, 0) is 57.9 Å². The Kier molecular flexibility index (Phi) is 9.01. The molecule has 0 atom stereocenters. The Balaban J connectivity index is 0.936. The highest BCUT2D eigenvalue weighted by Gasteiger charge is 2.18. The monoisotopic (exact) mass is 817 g/mol. The summed E-state index contributed by atoms with van der Waals surface area (Å²) < 4.78 is 0. The zero-order valence-electron chi connectivity index (χ0n) is 34.3. The molecule has 0 aliphatic carbocycles. The largest absolute Gasteiger partial charge is 0.244 e. The average molecular weight is 818 g/mol. The second kappa shape index (κ2) is 15.6. The van der Waals surface area contributed by atoms with Crippen molar-refractivity contribution in [3.63, 3.8) is 0 Å². The van der Waals surface area contributed by atoms with Crippen molar-refractivity contribution in [1.29, 1.82) is 0 Å². The number of rotatable bonds is 7. The quantitative estimate of drug-likeness (QED) is 0.158. The van der Waals surface area contributed by atoms with E-state index in [4.69, 9.17) is 34.9 Å². The third-order valence-electron chi connectivity index (χ3n) is 11.7. The molecule has 0 saturated carbocycles. The normalized spacial score (nSPS) is 11.4. The molecule has 9 aromatic carbocycles. The molecule has 3 aromatic heterocycles. The number of nitrogens with zero attached hydrogens (tertiary/aromatic N) is 7. The molecule has 0 radical (unpaired) electrons. The third kappa shape index (κ3) is 6.87. The van der Waals surface area contributed by atoms with Crippen molar-refractivity contribution < 1.29 is 0 Å². The minimum atomic E-state index is 0.567. The smallest absolute Gasteiger partial charge is 0.164 e. The van der Waals surface area contributed by atoms with Gasteiger partial charge < -0.3 is 0 Å². The molecule has 64 heavy (non-hydrogen) atoms. The molecule has 7 heteroatoms. The number of hydrogen-bond acceptors (Lipinski definition) is 7. The fraction of sp³-hybridized carbons (Fsp3) is 0. The lowest BCUT2D eigenvalue weighted by Crippen LogP contribution is -2.00. The molecule has 0 N–H and O–H groups in total. The Morgan fingerprint density at radius 2 is 0.469 bits per heavy atom. The van der Waals surface area contributed by atoms with Crippen LogP contribution >= 0.6 is 0 Å². The first kappa shape index (κ1) is 37.0. The summed E-state index contributed by atoms with van der Waals surface area (Å²) in [7, 11) is 0. The molecule has 0 aliphatic heterocycles. The van der Waals surface area contributed by atoms with Gasteiger partial charge in [-0.25, -0.2) is 34.9 Å². The number of aromatic nitrogens is 7. The number of para-hydroxylation sites is 4. The number of benzene rings is 9. The van der Waals surface area contributed by atoms with Crippen molar-refractivity contribution >= 4 is 43.6 Å². The molecule has 0 amide bonds. The topological polar surface area (TPSA) is 90.2 Å². The van der Waals surface area contributed by atoms with E-state index in [1.165, 1.54) is 10.8 Å². The van der Waals surface area contributed by atoms with Crippen molar-refractivity contribution in [2.45, 2.75) is 0 Å². The molecule has 0 fully saturated rings.